The number of carbonyl (C=O) groups excluding carboxylic acids is 3. The van der Waals surface area contributed by atoms with Crippen molar-refractivity contribution in [1.82, 2.24) is 0 Å². The molecule has 0 saturated carbocycles. The van der Waals surface area contributed by atoms with E-state index in [-0.39, 0.29) is 37.5 Å². The van der Waals surface area contributed by atoms with Gasteiger partial charge in [-0.1, -0.05) is 249 Å². The summed E-state index contributed by atoms with van der Waals surface area (Å²) in [6.45, 7) is 6.30. The second-order valence-electron chi connectivity index (χ2n) is 18.8. The van der Waals surface area contributed by atoms with Gasteiger partial charge in [-0.2, -0.15) is 0 Å². The van der Waals surface area contributed by atoms with Crippen LogP contribution in [0.4, 0.5) is 0 Å². The molecule has 0 aromatic rings. The first-order valence-corrected chi connectivity index (χ1v) is 29.5. The molecule has 414 valence electrons. The van der Waals surface area contributed by atoms with E-state index in [1.165, 1.54) is 44.9 Å². The molecular formula is C68H106O6. The summed E-state index contributed by atoms with van der Waals surface area (Å²) in [5, 5.41) is 0. The van der Waals surface area contributed by atoms with E-state index in [0.29, 0.717) is 19.3 Å². The average molecular weight is 1020 g/mol. The van der Waals surface area contributed by atoms with Crippen LogP contribution in [0.2, 0.25) is 0 Å². The SMILES string of the molecule is CC/C=C\C/C=C\C/C=C\C/C=C\C/C=C\C/C=C\C/C=C\C/C=C\CCCCCCCCC(=O)OCC(COC(=O)CCCCCCCCCC)OC(=O)CCC/C=C\C/C=C\C/C=C\C/C=C\C/C=C\CC. The summed E-state index contributed by atoms with van der Waals surface area (Å²) >= 11 is 0. The highest BCUT2D eigenvalue weighted by atomic mass is 16.6. The Labute approximate surface area is 454 Å². The number of esters is 3. The highest BCUT2D eigenvalue weighted by molar-refractivity contribution is 5.71. The van der Waals surface area contributed by atoms with Crippen molar-refractivity contribution in [2.24, 2.45) is 0 Å². The molecule has 0 saturated heterocycles. The van der Waals surface area contributed by atoms with Crippen molar-refractivity contribution in [1.29, 1.82) is 0 Å². The zero-order valence-corrected chi connectivity index (χ0v) is 47.3. The van der Waals surface area contributed by atoms with Gasteiger partial charge in [0.15, 0.2) is 6.10 Å². The Morgan fingerprint density at radius 1 is 0.284 bits per heavy atom. The normalized spacial score (nSPS) is 13.3. The van der Waals surface area contributed by atoms with Gasteiger partial charge in [-0.25, -0.2) is 0 Å². The molecule has 0 radical (unpaired) electrons. The Bertz CT molecular complexity index is 1690. The minimum Gasteiger partial charge on any atom is -0.462 e. The number of rotatable bonds is 51. The molecule has 0 bridgehead atoms. The molecule has 0 aromatic carbocycles. The standard InChI is InChI=1S/C68H106O6/c1-4-7-10-13-16-19-21-23-25-27-28-29-30-31-32-33-34-35-36-37-38-39-40-42-43-45-47-49-52-55-58-61-67(70)73-64-65(63-72-66(69)60-57-54-51-18-15-12-9-6-3)74-68(71)62-59-56-53-50-48-46-44-41-26-24-22-20-17-14-11-8-5-2/h7-8,10-11,16-17,19-20,23-26,28-29,31-32,34-35,37-38,40,42,44,46,50,53,65H,4-6,9,12-15,18,21-22,27,30,33,36,39,41,43,45,47-49,51-52,54-64H2,1-3H3/b10-7-,11-8-,19-16-,20-17-,25-23-,26-24-,29-28-,32-31-,35-34-,38-37-,42-40-,46-44-,53-50-. The molecule has 0 spiro atoms. The molecule has 0 N–H and O–H groups in total. The average Bonchev–Trinajstić information content (AvgIpc) is 3.40. The summed E-state index contributed by atoms with van der Waals surface area (Å²) in [6.07, 6.45) is 88.3. The van der Waals surface area contributed by atoms with E-state index < -0.39 is 6.10 Å². The molecule has 0 aliphatic rings. The van der Waals surface area contributed by atoms with Gasteiger partial charge >= 0.3 is 17.9 Å². The van der Waals surface area contributed by atoms with Crippen molar-refractivity contribution < 1.29 is 28.6 Å². The van der Waals surface area contributed by atoms with Crippen LogP contribution in [0.3, 0.4) is 0 Å². The first-order chi connectivity index (χ1) is 36.5. The summed E-state index contributed by atoms with van der Waals surface area (Å²) in [4.78, 5) is 38.0. The predicted octanol–water partition coefficient (Wildman–Crippen LogP) is 20.1. The van der Waals surface area contributed by atoms with E-state index in [4.69, 9.17) is 14.2 Å². The maximum Gasteiger partial charge on any atom is 0.306 e. The fourth-order valence-corrected chi connectivity index (χ4v) is 7.43. The second kappa shape index (κ2) is 60.6. The van der Waals surface area contributed by atoms with Crippen molar-refractivity contribution in [3.05, 3.63) is 158 Å². The minimum atomic E-state index is -0.818. The molecule has 0 aromatic heterocycles. The van der Waals surface area contributed by atoms with E-state index in [9.17, 15) is 14.4 Å². The van der Waals surface area contributed by atoms with Crippen molar-refractivity contribution >= 4 is 17.9 Å². The van der Waals surface area contributed by atoms with E-state index in [0.717, 1.165) is 141 Å². The Morgan fingerprint density at radius 3 is 0.865 bits per heavy atom. The molecule has 74 heavy (non-hydrogen) atoms. The minimum absolute atomic E-state index is 0.111. The zero-order chi connectivity index (χ0) is 53.6. The molecule has 0 rings (SSSR count). The number of carbonyl (C=O) groups is 3. The largest absolute Gasteiger partial charge is 0.462 e. The number of allylic oxidation sites excluding steroid dienone is 26. The molecule has 6 heteroatoms. The lowest BCUT2D eigenvalue weighted by molar-refractivity contribution is -0.167. The van der Waals surface area contributed by atoms with Gasteiger partial charge in [0.25, 0.3) is 0 Å². The van der Waals surface area contributed by atoms with Gasteiger partial charge in [-0.05, 0) is 122 Å². The third-order valence-electron chi connectivity index (χ3n) is 11.8. The van der Waals surface area contributed by atoms with E-state index in [2.05, 4.69) is 179 Å². The first-order valence-electron chi connectivity index (χ1n) is 29.5. The Morgan fingerprint density at radius 2 is 0.541 bits per heavy atom. The van der Waals surface area contributed by atoms with Gasteiger partial charge in [0.2, 0.25) is 0 Å². The fourth-order valence-electron chi connectivity index (χ4n) is 7.43. The van der Waals surface area contributed by atoms with Gasteiger partial charge in [0.1, 0.15) is 13.2 Å². The van der Waals surface area contributed by atoms with Gasteiger partial charge in [0, 0.05) is 19.3 Å². The summed E-state index contributed by atoms with van der Waals surface area (Å²) in [6, 6.07) is 0. The summed E-state index contributed by atoms with van der Waals surface area (Å²) in [5.41, 5.74) is 0. The molecule has 0 aliphatic heterocycles. The van der Waals surface area contributed by atoms with Gasteiger partial charge in [-0.3, -0.25) is 14.4 Å². The third kappa shape index (κ3) is 57.9. The quantitative estimate of drug-likeness (QED) is 0.0261. The van der Waals surface area contributed by atoms with Crippen LogP contribution in [-0.2, 0) is 28.6 Å². The molecular weight excluding hydrogens is 913 g/mol. The Balaban J connectivity index is 4.31. The first kappa shape index (κ1) is 69.0. The van der Waals surface area contributed by atoms with Gasteiger partial charge < -0.3 is 14.2 Å². The molecule has 1 unspecified atom stereocenters. The van der Waals surface area contributed by atoms with Crippen LogP contribution in [-0.4, -0.2) is 37.2 Å². The summed E-state index contributed by atoms with van der Waals surface area (Å²) in [7, 11) is 0. The van der Waals surface area contributed by atoms with Gasteiger partial charge in [-0.15, -0.1) is 0 Å². The van der Waals surface area contributed by atoms with E-state index in [1.54, 1.807) is 0 Å². The van der Waals surface area contributed by atoms with Crippen LogP contribution in [0.25, 0.3) is 0 Å². The monoisotopic (exact) mass is 1020 g/mol. The van der Waals surface area contributed by atoms with E-state index in [1.807, 2.05) is 0 Å². The zero-order valence-electron chi connectivity index (χ0n) is 47.3. The highest BCUT2D eigenvalue weighted by Crippen LogP contribution is 2.13. The third-order valence-corrected chi connectivity index (χ3v) is 11.8. The predicted molar refractivity (Wildman–Crippen MR) is 320 cm³/mol. The van der Waals surface area contributed by atoms with Crippen molar-refractivity contribution in [2.75, 3.05) is 13.2 Å². The van der Waals surface area contributed by atoms with Crippen LogP contribution in [0.15, 0.2) is 158 Å². The molecule has 0 amide bonds. The summed E-state index contributed by atoms with van der Waals surface area (Å²) in [5.74, 6) is -0.998. The van der Waals surface area contributed by atoms with Crippen LogP contribution >= 0.6 is 0 Å². The highest BCUT2D eigenvalue weighted by Gasteiger charge is 2.19. The van der Waals surface area contributed by atoms with Crippen LogP contribution in [0.1, 0.15) is 233 Å². The van der Waals surface area contributed by atoms with Crippen molar-refractivity contribution in [3.63, 3.8) is 0 Å². The number of ether oxygens (including phenoxy) is 3. The molecule has 1 atom stereocenters. The lowest BCUT2D eigenvalue weighted by Gasteiger charge is -2.18. The number of unbranched alkanes of at least 4 members (excludes halogenated alkanes) is 14. The lowest BCUT2D eigenvalue weighted by atomic mass is 10.1. The Kier molecular flexibility index (Phi) is 56.5. The fraction of sp³-hybridized carbons (Fsp3) is 0.574. The van der Waals surface area contributed by atoms with Gasteiger partial charge in [0.05, 0.1) is 0 Å². The Hall–Kier alpha value is -4.97. The maximum atomic E-state index is 12.8. The maximum absolute atomic E-state index is 12.8. The van der Waals surface area contributed by atoms with Crippen molar-refractivity contribution in [2.45, 2.75) is 239 Å². The van der Waals surface area contributed by atoms with E-state index >= 15 is 0 Å². The van der Waals surface area contributed by atoms with Crippen LogP contribution in [0, 0.1) is 0 Å². The molecule has 0 aliphatic carbocycles. The smallest absolute Gasteiger partial charge is 0.306 e. The van der Waals surface area contributed by atoms with Crippen LogP contribution in [0.5, 0.6) is 0 Å². The van der Waals surface area contributed by atoms with Crippen molar-refractivity contribution in [3.8, 4) is 0 Å². The summed E-state index contributed by atoms with van der Waals surface area (Å²) < 4.78 is 16.7. The lowest BCUT2D eigenvalue weighted by Crippen LogP contribution is -2.30. The number of hydrogen-bond donors (Lipinski definition) is 0. The molecule has 6 nitrogen and oxygen atoms in total. The second-order valence-corrected chi connectivity index (χ2v) is 18.8. The number of hydrogen-bond acceptors (Lipinski definition) is 6. The molecule has 0 fully saturated rings. The van der Waals surface area contributed by atoms with Crippen LogP contribution < -0.4 is 0 Å². The molecule has 0 heterocycles. The topological polar surface area (TPSA) is 78.9 Å².